The van der Waals surface area contributed by atoms with Gasteiger partial charge in [0.05, 0.1) is 11.1 Å². The van der Waals surface area contributed by atoms with Crippen LogP contribution < -0.4 is 10.6 Å². The van der Waals surface area contributed by atoms with Crippen LogP contribution >= 0.6 is 0 Å². The van der Waals surface area contributed by atoms with Gasteiger partial charge in [-0.2, -0.15) is 0 Å². The molecule has 1 aliphatic rings. The second-order valence-electron chi connectivity index (χ2n) is 6.84. The van der Waals surface area contributed by atoms with Crippen molar-refractivity contribution in [3.8, 4) is 0 Å². The number of amides is 1. The summed E-state index contributed by atoms with van der Waals surface area (Å²) >= 11 is 0. The van der Waals surface area contributed by atoms with Crippen LogP contribution in [0.15, 0.2) is 24.3 Å². The first-order valence-corrected chi connectivity index (χ1v) is 8.24. The molecule has 0 radical (unpaired) electrons. The fraction of sp³-hybridized carbons (Fsp3) is 0.556. The van der Waals surface area contributed by atoms with E-state index in [-0.39, 0.29) is 11.5 Å². The molecule has 5 heteroatoms. The minimum Gasteiger partial charge on any atom is -0.478 e. The molecule has 3 N–H and O–H groups in total. The first-order valence-electron chi connectivity index (χ1n) is 8.24. The zero-order chi connectivity index (χ0) is 16.9. The molecular formula is C18H26N2O3. The maximum Gasteiger partial charge on any atom is 0.335 e. The average Bonchev–Trinajstić information content (AvgIpc) is 3.04. The molecule has 0 aromatic heterocycles. The van der Waals surface area contributed by atoms with Crippen molar-refractivity contribution in [2.75, 3.05) is 6.54 Å². The minimum absolute atomic E-state index is 0.00607. The number of benzene rings is 1. The Bertz CT molecular complexity index is 546. The number of carboxylic acids is 1. The third-order valence-electron chi connectivity index (χ3n) is 4.53. The van der Waals surface area contributed by atoms with Gasteiger partial charge in [0.2, 0.25) is 5.91 Å². The Hall–Kier alpha value is -1.88. The van der Waals surface area contributed by atoms with Crippen LogP contribution in [0.25, 0.3) is 0 Å². The predicted octanol–water partition coefficient (Wildman–Crippen LogP) is 2.56. The standard InChI is InChI=1S/C18H26N2O3/c1-18(2,17(23)19-11-13-5-3-4-6-13)20-12-14-7-9-15(10-8-14)16(21)22/h7-10,13,20H,3-6,11-12H2,1-2H3,(H,19,23)(H,21,22). The van der Waals surface area contributed by atoms with E-state index < -0.39 is 11.5 Å². The SMILES string of the molecule is CC(C)(NCc1ccc(C(=O)O)cc1)C(=O)NCC1CCCC1. The highest BCUT2D eigenvalue weighted by Gasteiger charge is 2.27. The Morgan fingerprint density at radius 2 is 1.78 bits per heavy atom. The highest BCUT2D eigenvalue weighted by Crippen LogP contribution is 2.23. The van der Waals surface area contributed by atoms with Gasteiger partial charge in [0.25, 0.3) is 0 Å². The van der Waals surface area contributed by atoms with E-state index in [1.807, 2.05) is 13.8 Å². The normalized spacial score (nSPS) is 15.6. The molecule has 1 aliphatic carbocycles. The van der Waals surface area contributed by atoms with Crippen molar-refractivity contribution in [3.05, 3.63) is 35.4 Å². The van der Waals surface area contributed by atoms with Gasteiger partial charge in [0.15, 0.2) is 0 Å². The first-order chi connectivity index (χ1) is 10.9. The Morgan fingerprint density at radius 1 is 1.17 bits per heavy atom. The van der Waals surface area contributed by atoms with Gasteiger partial charge in [-0.1, -0.05) is 25.0 Å². The predicted molar refractivity (Wildman–Crippen MR) is 89.3 cm³/mol. The molecule has 1 fully saturated rings. The monoisotopic (exact) mass is 318 g/mol. The maximum absolute atomic E-state index is 12.3. The van der Waals surface area contributed by atoms with Gasteiger partial charge in [-0.3, -0.25) is 10.1 Å². The summed E-state index contributed by atoms with van der Waals surface area (Å²) < 4.78 is 0. The van der Waals surface area contributed by atoms with Crippen molar-refractivity contribution in [1.82, 2.24) is 10.6 Å². The summed E-state index contributed by atoms with van der Waals surface area (Å²) in [6.07, 6.45) is 4.97. The van der Waals surface area contributed by atoms with Crippen LogP contribution in [-0.2, 0) is 11.3 Å². The fourth-order valence-electron chi connectivity index (χ4n) is 2.84. The van der Waals surface area contributed by atoms with Crippen molar-refractivity contribution in [2.24, 2.45) is 5.92 Å². The number of hydrogen-bond donors (Lipinski definition) is 3. The quantitative estimate of drug-likeness (QED) is 0.722. The highest BCUT2D eigenvalue weighted by atomic mass is 16.4. The topological polar surface area (TPSA) is 78.4 Å². The van der Waals surface area contributed by atoms with Crippen LogP contribution in [0.5, 0.6) is 0 Å². The summed E-state index contributed by atoms with van der Waals surface area (Å²) in [6, 6.07) is 6.69. The number of nitrogens with one attached hydrogen (secondary N) is 2. The van der Waals surface area contributed by atoms with E-state index in [2.05, 4.69) is 10.6 Å². The van der Waals surface area contributed by atoms with Gasteiger partial charge in [-0.15, -0.1) is 0 Å². The number of carbonyl (C=O) groups is 2. The van der Waals surface area contributed by atoms with Crippen LogP contribution in [0.1, 0.15) is 55.5 Å². The molecule has 1 aromatic carbocycles. The number of rotatable bonds is 7. The van der Waals surface area contributed by atoms with Crippen molar-refractivity contribution in [2.45, 2.75) is 51.6 Å². The third-order valence-corrected chi connectivity index (χ3v) is 4.53. The number of carbonyl (C=O) groups excluding carboxylic acids is 1. The van der Waals surface area contributed by atoms with Gasteiger partial charge in [-0.25, -0.2) is 4.79 Å². The smallest absolute Gasteiger partial charge is 0.335 e. The molecule has 0 spiro atoms. The van der Waals surface area contributed by atoms with Crippen LogP contribution in [0.3, 0.4) is 0 Å². The molecule has 5 nitrogen and oxygen atoms in total. The van der Waals surface area contributed by atoms with Crippen LogP contribution in [-0.4, -0.2) is 29.1 Å². The molecule has 1 saturated carbocycles. The van der Waals surface area contributed by atoms with Gasteiger partial charge in [0, 0.05) is 13.1 Å². The van der Waals surface area contributed by atoms with E-state index in [0.717, 1.165) is 12.1 Å². The van der Waals surface area contributed by atoms with Gasteiger partial charge in [-0.05, 0) is 50.3 Å². The molecule has 23 heavy (non-hydrogen) atoms. The minimum atomic E-state index is -0.934. The summed E-state index contributed by atoms with van der Waals surface area (Å²) in [5.41, 5.74) is 0.554. The largest absolute Gasteiger partial charge is 0.478 e. The van der Waals surface area contributed by atoms with Crippen molar-refractivity contribution >= 4 is 11.9 Å². The lowest BCUT2D eigenvalue weighted by molar-refractivity contribution is -0.126. The summed E-state index contributed by atoms with van der Waals surface area (Å²) in [4.78, 5) is 23.2. The van der Waals surface area contributed by atoms with Crippen molar-refractivity contribution in [3.63, 3.8) is 0 Å². The second kappa shape index (κ2) is 7.59. The second-order valence-corrected chi connectivity index (χ2v) is 6.84. The van der Waals surface area contributed by atoms with E-state index >= 15 is 0 Å². The van der Waals surface area contributed by atoms with E-state index in [0.29, 0.717) is 12.5 Å². The molecule has 0 heterocycles. The summed E-state index contributed by atoms with van der Waals surface area (Å²) in [5, 5.41) is 15.2. The molecule has 1 amide bonds. The molecule has 0 bridgehead atoms. The van der Waals surface area contributed by atoms with E-state index in [1.165, 1.54) is 25.7 Å². The Kier molecular flexibility index (Phi) is 5.77. The van der Waals surface area contributed by atoms with E-state index in [9.17, 15) is 9.59 Å². The van der Waals surface area contributed by atoms with Gasteiger partial charge < -0.3 is 10.4 Å². The van der Waals surface area contributed by atoms with Crippen molar-refractivity contribution < 1.29 is 14.7 Å². The van der Waals surface area contributed by atoms with E-state index in [4.69, 9.17) is 5.11 Å². The molecule has 0 atom stereocenters. The molecule has 0 unspecified atom stereocenters. The Labute approximate surface area is 137 Å². The van der Waals surface area contributed by atoms with E-state index in [1.54, 1.807) is 24.3 Å². The molecule has 0 saturated heterocycles. The highest BCUT2D eigenvalue weighted by molar-refractivity contribution is 5.87. The molecular weight excluding hydrogens is 292 g/mol. The average molecular weight is 318 g/mol. The number of carboxylic acid groups (broad SMARTS) is 1. The van der Waals surface area contributed by atoms with Crippen LogP contribution in [0, 0.1) is 5.92 Å². The summed E-state index contributed by atoms with van der Waals surface area (Å²) in [5.74, 6) is -0.305. The number of hydrogen-bond acceptors (Lipinski definition) is 3. The van der Waals surface area contributed by atoms with Crippen LogP contribution in [0.2, 0.25) is 0 Å². The lowest BCUT2D eigenvalue weighted by Crippen LogP contribution is -2.53. The third kappa shape index (κ3) is 5.06. The molecule has 2 rings (SSSR count). The molecule has 126 valence electrons. The van der Waals surface area contributed by atoms with Crippen molar-refractivity contribution in [1.29, 1.82) is 0 Å². The fourth-order valence-corrected chi connectivity index (χ4v) is 2.84. The van der Waals surface area contributed by atoms with Gasteiger partial charge in [0.1, 0.15) is 0 Å². The lowest BCUT2D eigenvalue weighted by atomic mass is 10.0. The number of aromatic carboxylic acids is 1. The maximum atomic E-state index is 12.3. The molecule has 1 aromatic rings. The Balaban J connectivity index is 1.81. The zero-order valence-corrected chi connectivity index (χ0v) is 13.9. The molecule has 0 aliphatic heterocycles. The first kappa shape index (κ1) is 17.5. The van der Waals surface area contributed by atoms with Gasteiger partial charge >= 0.3 is 5.97 Å². The van der Waals surface area contributed by atoms with Crippen LogP contribution in [0.4, 0.5) is 0 Å². The Morgan fingerprint density at radius 3 is 2.35 bits per heavy atom. The summed E-state index contributed by atoms with van der Waals surface area (Å²) in [6.45, 7) is 5.01. The summed E-state index contributed by atoms with van der Waals surface area (Å²) in [7, 11) is 0. The zero-order valence-electron chi connectivity index (χ0n) is 13.9. The lowest BCUT2D eigenvalue weighted by Gasteiger charge is -2.26.